The Morgan fingerprint density at radius 2 is 1.85 bits per heavy atom. The fourth-order valence-electron chi connectivity index (χ4n) is 3.24. The van der Waals surface area contributed by atoms with E-state index >= 15 is 0 Å². The van der Waals surface area contributed by atoms with Gasteiger partial charge < -0.3 is 9.13 Å². The van der Waals surface area contributed by atoms with Crippen molar-refractivity contribution in [1.82, 2.24) is 29.1 Å². The minimum Gasteiger partial charge on any atom is -0.327 e. The molecule has 0 unspecified atom stereocenters. The molecule has 0 amide bonds. The maximum atomic E-state index is 4.91. The normalized spacial score (nSPS) is 11.5. The maximum absolute atomic E-state index is 4.91. The number of nitrogens with zero attached hydrogens (tertiary/aromatic N) is 6. The highest BCUT2D eigenvalue weighted by atomic mass is 15.2. The number of rotatable bonds is 5. The Labute approximate surface area is 152 Å². The molecule has 0 aliphatic carbocycles. The summed E-state index contributed by atoms with van der Waals surface area (Å²) in [6.45, 7) is 8.06. The summed E-state index contributed by atoms with van der Waals surface area (Å²) < 4.78 is 4.31. The summed E-state index contributed by atoms with van der Waals surface area (Å²) >= 11 is 0. The highest BCUT2D eigenvalue weighted by Gasteiger charge is 2.14. The van der Waals surface area contributed by atoms with E-state index in [1.54, 1.807) is 24.7 Å². The fourth-order valence-corrected chi connectivity index (χ4v) is 3.24. The van der Waals surface area contributed by atoms with Crippen molar-refractivity contribution in [3.63, 3.8) is 0 Å². The van der Waals surface area contributed by atoms with Crippen molar-refractivity contribution in [3.05, 3.63) is 60.4 Å². The molecule has 4 rings (SSSR count). The summed E-state index contributed by atoms with van der Waals surface area (Å²) in [5.41, 5.74) is 3.53. The lowest BCUT2D eigenvalue weighted by molar-refractivity contribution is 0.665. The van der Waals surface area contributed by atoms with E-state index in [9.17, 15) is 0 Å². The van der Waals surface area contributed by atoms with Crippen LogP contribution in [0.4, 0.5) is 0 Å². The van der Waals surface area contributed by atoms with E-state index in [-0.39, 0.29) is 0 Å². The van der Waals surface area contributed by atoms with Gasteiger partial charge >= 0.3 is 0 Å². The smallest absolute Gasteiger partial charge is 0.195 e. The molecule has 0 fully saturated rings. The van der Waals surface area contributed by atoms with Crippen LogP contribution in [-0.2, 0) is 13.1 Å². The lowest BCUT2D eigenvalue weighted by Crippen LogP contribution is -2.09. The minimum absolute atomic E-state index is 0.491. The van der Waals surface area contributed by atoms with Gasteiger partial charge in [-0.2, -0.15) is 0 Å². The van der Waals surface area contributed by atoms with Gasteiger partial charge in [-0.1, -0.05) is 19.9 Å². The molecule has 1 aromatic carbocycles. The van der Waals surface area contributed by atoms with Crippen LogP contribution in [-0.4, -0.2) is 29.1 Å². The summed E-state index contributed by atoms with van der Waals surface area (Å²) in [6, 6.07) is 8.38. The average Bonchev–Trinajstić information content (AvgIpc) is 3.25. The Hall–Kier alpha value is -3.02. The monoisotopic (exact) mass is 346 g/mol. The molecule has 3 heterocycles. The standard InChI is InChI=1S/C20H22N6/c1-4-26-17-7-6-15(14(2)3)12-16(17)24-18(26)13-25-11-10-23-20(25)19-21-8-5-9-22-19/h5-12,14H,4,13H2,1-3H3. The van der Waals surface area contributed by atoms with E-state index in [2.05, 4.69) is 58.5 Å². The second kappa shape index (κ2) is 6.71. The van der Waals surface area contributed by atoms with Crippen LogP contribution in [0.1, 0.15) is 38.1 Å². The number of hydrogen-bond acceptors (Lipinski definition) is 4. The summed E-state index contributed by atoms with van der Waals surface area (Å²) in [7, 11) is 0. The first-order valence-corrected chi connectivity index (χ1v) is 8.95. The number of hydrogen-bond donors (Lipinski definition) is 0. The number of aromatic nitrogens is 6. The first-order chi connectivity index (χ1) is 12.7. The maximum Gasteiger partial charge on any atom is 0.195 e. The van der Waals surface area contributed by atoms with Crippen LogP contribution in [0.3, 0.4) is 0 Å². The van der Waals surface area contributed by atoms with Crippen molar-refractivity contribution >= 4 is 11.0 Å². The van der Waals surface area contributed by atoms with Gasteiger partial charge in [0.2, 0.25) is 0 Å². The summed E-state index contributed by atoms with van der Waals surface area (Å²) in [5, 5.41) is 0. The lowest BCUT2D eigenvalue weighted by Gasteiger charge is -2.09. The van der Waals surface area contributed by atoms with Gasteiger partial charge in [0.15, 0.2) is 11.6 Å². The molecule has 0 saturated carbocycles. The molecule has 6 heteroatoms. The van der Waals surface area contributed by atoms with Gasteiger partial charge in [-0.05, 0) is 36.6 Å². The van der Waals surface area contributed by atoms with Gasteiger partial charge in [-0.25, -0.2) is 19.9 Å². The minimum atomic E-state index is 0.491. The van der Waals surface area contributed by atoms with Gasteiger partial charge in [0.05, 0.1) is 17.6 Å². The van der Waals surface area contributed by atoms with Crippen LogP contribution in [0.5, 0.6) is 0 Å². The number of aryl methyl sites for hydroxylation is 1. The SMILES string of the molecule is CCn1c(Cn2ccnc2-c2ncccn2)nc2cc(C(C)C)ccc21. The van der Waals surface area contributed by atoms with Gasteiger partial charge in [-0.3, -0.25) is 0 Å². The first-order valence-electron chi connectivity index (χ1n) is 8.95. The molecule has 0 atom stereocenters. The topological polar surface area (TPSA) is 61.4 Å². The van der Waals surface area contributed by atoms with Crippen LogP contribution >= 0.6 is 0 Å². The molecule has 3 aromatic heterocycles. The first kappa shape index (κ1) is 16.4. The Morgan fingerprint density at radius 1 is 1.04 bits per heavy atom. The Balaban J connectivity index is 1.75. The van der Waals surface area contributed by atoms with E-state index in [1.807, 2.05) is 10.8 Å². The third-order valence-corrected chi connectivity index (χ3v) is 4.63. The zero-order valence-corrected chi connectivity index (χ0v) is 15.3. The van der Waals surface area contributed by atoms with E-state index in [0.717, 1.165) is 23.7 Å². The molecule has 0 radical (unpaired) electrons. The molecule has 0 bridgehead atoms. The highest BCUT2D eigenvalue weighted by Crippen LogP contribution is 2.23. The molecular weight excluding hydrogens is 324 g/mol. The molecule has 4 aromatic rings. The molecule has 6 nitrogen and oxygen atoms in total. The van der Waals surface area contributed by atoms with Crippen LogP contribution < -0.4 is 0 Å². The fraction of sp³-hybridized carbons (Fsp3) is 0.300. The Morgan fingerprint density at radius 3 is 2.58 bits per heavy atom. The predicted octanol–water partition coefficient (Wildman–Crippen LogP) is 3.88. The second-order valence-electron chi connectivity index (χ2n) is 6.63. The number of fused-ring (bicyclic) bond motifs is 1. The average molecular weight is 346 g/mol. The van der Waals surface area contributed by atoms with Crippen LogP contribution in [0.25, 0.3) is 22.7 Å². The van der Waals surface area contributed by atoms with Gasteiger partial charge in [0, 0.05) is 31.3 Å². The molecule has 0 aliphatic rings. The molecule has 0 aliphatic heterocycles. The van der Waals surface area contributed by atoms with Crippen molar-refractivity contribution in [3.8, 4) is 11.6 Å². The van der Waals surface area contributed by atoms with Crippen LogP contribution in [0.2, 0.25) is 0 Å². The second-order valence-corrected chi connectivity index (χ2v) is 6.63. The van der Waals surface area contributed by atoms with Gasteiger partial charge in [0.25, 0.3) is 0 Å². The van der Waals surface area contributed by atoms with Crippen molar-refractivity contribution < 1.29 is 0 Å². The zero-order chi connectivity index (χ0) is 18.1. The largest absolute Gasteiger partial charge is 0.327 e. The molecular formula is C20H22N6. The molecule has 0 spiro atoms. The van der Waals surface area contributed by atoms with Crippen molar-refractivity contribution in [2.24, 2.45) is 0 Å². The molecule has 26 heavy (non-hydrogen) atoms. The van der Waals surface area contributed by atoms with E-state index < -0.39 is 0 Å². The predicted molar refractivity (Wildman–Crippen MR) is 102 cm³/mol. The van der Waals surface area contributed by atoms with E-state index in [0.29, 0.717) is 18.3 Å². The summed E-state index contributed by atoms with van der Waals surface area (Å²) in [6.07, 6.45) is 7.19. The Kier molecular flexibility index (Phi) is 4.24. The third kappa shape index (κ3) is 2.87. The summed E-state index contributed by atoms with van der Waals surface area (Å²) in [4.78, 5) is 18.0. The van der Waals surface area contributed by atoms with Crippen molar-refractivity contribution in [2.75, 3.05) is 0 Å². The third-order valence-electron chi connectivity index (χ3n) is 4.63. The van der Waals surface area contributed by atoms with Gasteiger partial charge in [-0.15, -0.1) is 0 Å². The van der Waals surface area contributed by atoms with Crippen LogP contribution in [0.15, 0.2) is 49.1 Å². The quantitative estimate of drug-likeness (QED) is 0.550. The van der Waals surface area contributed by atoms with E-state index in [1.165, 1.54) is 11.1 Å². The van der Waals surface area contributed by atoms with Crippen molar-refractivity contribution in [2.45, 2.75) is 39.8 Å². The zero-order valence-electron chi connectivity index (χ0n) is 15.3. The van der Waals surface area contributed by atoms with E-state index in [4.69, 9.17) is 4.98 Å². The molecule has 0 saturated heterocycles. The van der Waals surface area contributed by atoms with Crippen molar-refractivity contribution in [1.29, 1.82) is 0 Å². The van der Waals surface area contributed by atoms with Gasteiger partial charge in [0.1, 0.15) is 5.82 Å². The summed E-state index contributed by atoms with van der Waals surface area (Å²) in [5.74, 6) is 2.88. The molecule has 132 valence electrons. The lowest BCUT2D eigenvalue weighted by atomic mass is 10.0. The number of imidazole rings is 2. The number of benzene rings is 1. The molecule has 0 N–H and O–H groups in total. The Bertz CT molecular complexity index is 1030. The highest BCUT2D eigenvalue weighted by molar-refractivity contribution is 5.77. The van der Waals surface area contributed by atoms with Crippen LogP contribution in [0, 0.1) is 0 Å².